The molecular formula is C18H28N4O4S. The molecule has 1 aliphatic heterocycles. The fourth-order valence-electron chi connectivity index (χ4n) is 3.50. The van der Waals surface area contributed by atoms with Gasteiger partial charge in [0, 0.05) is 31.9 Å². The number of hydrogen-bond donors (Lipinski definition) is 3. The summed E-state index contributed by atoms with van der Waals surface area (Å²) in [5, 5.41) is 2.89. The third kappa shape index (κ3) is 5.82. The zero-order chi connectivity index (χ0) is 19.3. The van der Waals surface area contributed by atoms with E-state index in [2.05, 4.69) is 14.8 Å². The number of carbonyl (C=O) groups excluding carboxylic acids is 1. The van der Waals surface area contributed by atoms with Crippen LogP contribution in [-0.2, 0) is 10.2 Å². The van der Waals surface area contributed by atoms with Crippen LogP contribution in [0.4, 0.5) is 10.5 Å². The van der Waals surface area contributed by atoms with Gasteiger partial charge in [-0.25, -0.2) is 9.52 Å². The standard InChI is InChI=1S/C18H28N4O4S/c1-19-27(24,25)21-15-10-12-22(13-11-15)18(23)20-14-6-8-17(9-7-14)26-16-4-2-3-5-16/h6-9,15-16,19,21H,2-5,10-13H2,1H3,(H,20,23). The van der Waals surface area contributed by atoms with Crippen LogP contribution >= 0.6 is 0 Å². The molecule has 2 fully saturated rings. The van der Waals surface area contributed by atoms with Crippen LogP contribution in [0.5, 0.6) is 5.75 Å². The molecule has 1 saturated carbocycles. The van der Waals surface area contributed by atoms with E-state index in [0.29, 0.717) is 32.0 Å². The van der Waals surface area contributed by atoms with Gasteiger partial charge >= 0.3 is 6.03 Å². The monoisotopic (exact) mass is 396 g/mol. The molecular weight excluding hydrogens is 368 g/mol. The number of anilines is 1. The van der Waals surface area contributed by atoms with Crippen molar-refractivity contribution in [2.24, 2.45) is 0 Å². The summed E-state index contributed by atoms with van der Waals surface area (Å²) in [4.78, 5) is 14.1. The molecule has 3 rings (SSSR count). The molecule has 1 aromatic carbocycles. The van der Waals surface area contributed by atoms with Crippen LogP contribution in [0.1, 0.15) is 38.5 Å². The van der Waals surface area contributed by atoms with E-state index in [1.54, 1.807) is 4.90 Å². The molecule has 2 amide bonds. The summed E-state index contributed by atoms with van der Waals surface area (Å²) in [7, 11) is -2.08. The van der Waals surface area contributed by atoms with Crippen molar-refractivity contribution >= 4 is 21.9 Å². The summed E-state index contributed by atoms with van der Waals surface area (Å²) in [6.45, 7) is 1.01. The summed E-state index contributed by atoms with van der Waals surface area (Å²) >= 11 is 0. The number of hydrogen-bond acceptors (Lipinski definition) is 4. The summed E-state index contributed by atoms with van der Waals surface area (Å²) in [6, 6.07) is 7.12. The molecule has 0 atom stereocenters. The predicted molar refractivity (Wildman–Crippen MR) is 104 cm³/mol. The van der Waals surface area contributed by atoms with E-state index in [-0.39, 0.29) is 12.1 Å². The number of amides is 2. The minimum Gasteiger partial charge on any atom is -0.490 e. The zero-order valence-corrected chi connectivity index (χ0v) is 16.4. The van der Waals surface area contributed by atoms with E-state index >= 15 is 0 Å². The maximum Gasteiger partial charge on any atom is 0.321 e. The second kappa shape index (κ2) is 8.90. The van der Waals surface area contributed by atoms with Gasteiger partial charge in [0.2, 0.25) is 0 Å². The van der Waals surface area contributed by atoms with Crippen molar-refractivity contribution < 1.29 is 17.9 Å². The van der Waals surface area contributed by atoms with Crippen LogP contribution < -0.4 is 19.5 Å². The number of urea groups is 1. The van der Waals surface area contributed by atoms with E-state index in [1.165, 1.54) is 19.9 Å². The van der Waals surface area contributed by atoms with Gasteiger partial charge in [0.25, 0.3) is 10.2 Å². The number of nitrogens with one attached hydrogen (secondary N) is 3. The van der Waals surface area contributed by atoms with E-state index < -0.39 is 10.2 Å². The van der Waals surface area contributed by atoms with Gasteiger partial charge in [-0.2, -0.15) is 13.1 Å². The average Bonchev–Trinajstić information content (AvgIpc) is 3.17. The molecule has 0 unspecified atom stereocenters. The fraction of sp³-hybridized carbons (Fsp3) is 0.611. The van der Waals surface area contributed by atoms with Crippen molar-refractivity contribution in [1.82, 2.24) is 14.3 Å². The van der Waals surface area contributed by atoms with E-state index in [1.807, 2.05) is 24.3 Å². The number of nitrogens with zero attached hydrogens (tertiary/aromatic N) is 1. The lowest BCUT2D eigenvalue weighted by molar-refractivity contribution is 0.193. The lowest BCUT2D eigenvalue weighted by atomic mass is 10.1. The fourth-order valence-corrected chi connectivity index (χ4v) is 4.29. The number of benzene rings is 1. The first-order chi connectivity index (χ1) is 12.9. The summed E-state index contributed by atoms with van der Waals surface area (Å²) in [5.74, 6) is 0.831. The highest BCUT2D eigenvalue weighted by atomic mass is 32.2. The number of rotatable bonds is 6. The van der Waals surface area contributed by atoms with E-state index in [0.717, 1.165) is 24.3 Å². The minimum absolute atomic E-state index is 0.154. The topological polar surface area (TPSA) is 99.8 Å². The van der Waals surface area contributed by atoms with Crippen LogP contribution in [0.3, 0.4) is 0 Å². The molecule has 3 N–H and O–H groups in total. The number of piperidine rings is 1. The van der Waals surface area contributed by atoms with E-state index in [4.69, 9.17) is 4.74 Å². The Morgan fingerprint density at radius 1 is 1.07 bits per heavy atom. The molecule has 0 aromatic heterocycles. The zero-order valence-electron chi connectivity index (χ0n) is 15.6. The van der Waals surface area contributed by atoms with Gasteiger partial charge in [0.05, 0.1) is 6.10 Å². The molecule has 1 heterocycles. The van der Waals surface area contributed by atoms with Gasteiger partial charge in [-0.15, -0.1) is 0 Å². The van der Waals surface area contributed by atoms with Crippen molar-refractivity contribution in [3.63, 3.8) is 0 Å². The molecule has 150 valence electrons. The summed E-state index contributed by atoms with van der Waals surface area (Å²) in [5.41, 5.74) is 0.719. The molecule has 0 radical (unpaired) electrons. The molecule has 1 aliphatic carbocycles. The van der Waals surface area contributed by atoms with Crippen molar-refractivity contribution in [2.75, 3.05) is 25.5 Å². The molecule has 1 aromatic rings. The van der Waals surface area contributed by atoms with Gasteiger partial charge in [-0.05, 0) is 62.8 Å². The molecule has 0 spiro atoms. The molecule has 1 saturated heterocycles. The Balaban J connectivity index is 1.45. The number of ether oxygens (including phenoxy) is 1. The first-order valence-electron chi connectivity index (χ1n) is 9.48. The third-order valence-corrected chi connectivity index (χ3v) is 6.26. The molecule has 9 heteroatoms. The van der Waals surface area contributed by atoms with Gasteiger partial charge in [0.1, 0.15) is 5.75 Å². The smallest absolute Gasteiger partial charge is 0.321 e. The molecule has 27 heavy (non-hydrogen) atoms. The first-order valence-corrected chi connectivity index (χ1v) is 11.0. The highest BCUT2D eigenvalue weighted by Crippen LogP contribution is 2.25. The minimum atomic E-state index is -3.45. The predicted octanol–water partition coefficient (Wildman–Crippen LogP) is 2.06. The van der Waals surface area contributed by atoms with Crippen molar-refractivity contribution in [3.8, 4) is 5.75 Å². The quantitative estimate of drug-likeness (QED) is 0.685. The maximum absolute atomic E-state index is 12.4. The van der Waals surface area contributed by atoms with Crippen LogP contribution in [0.2, 0.25) is 0 Å². The third-order valence-electron chi connectivity index (χ3n) is 5.08. The van der Waals surface area contributed by atoms with Gasteiger partial charge in [0.15, 0.2) is 0 Å². The second-order valence-electron chi connectivity index (χ2n) is 7.07. The summed E-state index contributed by atoms with van der Waals surface area (Å²) < 4.78 is 33.8. The van der Waals surface area contributed by atoms with Crippen LogP contribution in [-0.4, -0.2) is 51.6 Å². The number of likely N-dealkylation sites (tertiary alicyclic amines) is 1. The Kier molecular flexibility index (Phi) is 6.56. The lowest BCUT2D eigenvalue weighted by Crippen LogP contribution is -2.49. The molecule has 0 bridgehead atoms. The SMILES string of the molecule is CNS(=O)(=O)NC1CCN(C(=O)Nc2ccc(OC3CCCC3)cc2)CC1. The first kappa shape index (κ1) is 19.9. The van der Waals surface area contributed by atoms with Gasteiger partial charge < -0.3 is 15.0 Å². The normalized spacial score (nSPS) is 19.2. The van der Waals surface area contributed by atoms with E-state index in [9.17, 15) is 13.2 Å². The van der Waals surface area contributed by atoms with Crippen molar-refractivity contribution in [2.45, 2.75) is 50.7 Å². The molecule has 8 nitrogen and oxygen atoms in total. The Labute approximate surface area is 160 Å². The Bertz CT molecular complexity index is 724. The number of carbonyl (C=O) groups is 1. The van der Waals surface area contributed by atoms with Crippen molar-refractivity contribution in [1.29, 1.82) is 0 Å². The summed E-state index contributed by atoms with van der Waals surface area (Å²) in [6.07, 6.45) is 6.16. The van der Waals surface area contributed by atoms with Crippen molar-refractivity contribution in [3.05, 3.63) is 24.3 Å². The Morgan fingerprint density at radius 2 is 1.70 bits per heavy atom. The largest absolute Gasteiger partial charge is 0.490 e. The van der Waals surface area contributed by atoms with Crippen LogP contribution in [0.25, 0.3) is 0 Å². The second-order valence-corrected chi connectivity index (χ2v) is 8.72. The highest BCUT2D eigenvalue weighted by molar-refractivity contribution is 7.87. The maximum atomic E-state index is 12.4. The van der Waals surface area contributed by atoms with Crippen LogP contribution in [0, 0.1) is 0 Å². The van der Waals surface area contributed by atoms with Gasteiger partial charge in [-0.3, -0.25) is 0 Å². The molecule has 2 aliphatic rings. The highest BCUT2D eigenvalue weighted by Gasteiger charge is 2.25. The Morgan fingerprint density at radius 3 is 2.30 bits per heavy atom. The van der Waals surface area contributed by atoms with Gasteiger partial charge in [-0.1, -0.05) is 0 Å². The lowest BCUT2D eigenvalue weighted by Gasteiger charge is -2.32. The average molecular weight is 397 g/mol. The van der Waals surface area contributed by atoms with Crippen LogP contribution in [0.15, 0.2) is 24.3 Å². The Hall–Kier alpha value is -1.84.